The van der Waals surface area contributed by atoms with E-state index in [0.29, 0.717) is 39.4 Å². The zero-order valence-corrected chi connectivity index (χ0v) is 27.6. The van der Waals surface area contributed by atoms with E-state index in [1.165, 1.54) is 30.3 Å². The van der Waals surface area contributed by atoms with Gasteiger partial charge in [-0.05, 0) is 88.5 Å². The van der Waals surface area contributed by atoms with Crippen LogP contribution in [-0.2, 0) is 0 Å². The van der Waals surface area contributed by atoms with Gasteiger partial charge in [0, 0.05) is 29.6 Å². The molecule has 0 bridgehead atoms. The van der Waals surface area contributed by atoms with Crippen LogP contribution < -0.4 is 34.4 Å². The summed E-state index contributed by atoms with van der Waals surface area (Å²) in [6.45, 7) is 0. The molecule has 17 heteroatoms. The van der Waals surface area contributed by atoms with Crippen LogP contribution in [0.5, 0.6) is 11.5 Å². The number of hydrogen-bond acceptors (Lipinski definition) is 14. The normalized spacial score (nSPS) is 10.2. The number of benzene rings is 6. The second-order valence-corrected chi connectivity index (χ2v) is 11.3. The minimum Gasteiger partial charge on any atom is -0.506 e. The number of nitro groups is 3. The Kier molecular flexibility index (Phi) is 11.5. The van der Waals surface area contributed by atoms with Gasteiger partial charge in [0.15, 0.2) is 0 Å². The van der Waals surface area contributed by atoms with Crippen LogP contribution in [-0.4, -0.2) is 25.0 Å². The number of phenolic OH excluding ortho intramolecular Hbond substituents is 2. The molecule has 53 heavy (non-hydrogen) atoms. The Bertz CT molecular complexity index is 2220. The van der Waals surface area contributed by atoms with Gasteiger partial charge in [-0.25, -0.2) is 0 Å². The molecule has 0 saturated carbocycles. The highest BCUT2D eigenvalue weighted by Gasteiger charge is 2.17. The Labute approximate surface area is 300 Å². The molecule has 0 atom stereocenters. The number of phenols is 2. The third kappa shape index (κ3) is 9.34. The molecule has 6 aromatic rings. The Morgan fingerprint density at radius 1 is 0.377 bits per heavy atom. The van der Waals surface area contributed by atoms with Gasteiger partial charge in [0.25, 0.3) is 17.1 Å². The highest BCUT2D eigenvalue weighted by molar-refractivity contribution is 5.78. The zero-order valence-electron chi connectivity index (χ0n) is 27.6. The first-order valence-electron chi connectivity index (χ1n) is 15.2. The van der Waals surface area contributed by atoms with Crippen LogP contribution in [0.1, 0.15) is 0 Å². The molecule has 6 aromatic carbocycles. The van der Waals surface area contributed by atoms with E-state index in [4.69, 9.17) is 34.4 Å². The molecule has 0 fully saturated rings. The molecule has 6 rings (SSSR count). The van der Waals surface area contributed by atoms with Crippen molar-refractivity contribution < 1.29 is 25.0 Å². The maximum Gasteiger partial charge on any atom is 0.292 e. The number of nitrogens with zero attached hydrogens (tertiary/aromatic N) is 3. The van der Waals surface area contributed by atoms with Crippen LogP contribution >= 0.6 is 0 Å². The summed E-state index contributed by atoms with van der Waals surface area (Å²) in [5.41, 5.74) is 38.0. The van der Waals surface area contributed by atoms with E-state index in [9.17, 15) is 40.6 Å². The smallest absolute Gasteiger partial charge is 0.292 e. The fourth-order valence-corrected chi connectivity index (χ4v) is 4.82. The molecule has 0 spiro atoms. The van der Waals surface area contributed by atoms with Crippen molar-refractivity contribution in [2.75, 3.05) is 34.4 Å². The predicted octanol–water partition coefficient (Wildman–Crippen LogP) is 6.69. The van der Waals surface area contributed by atoms with E-state index >= 15 is 0 Å². The van der Waals surface area contributed by atoms with Crippen LogP contribution in [0.2, 0.25) is 0 Å². The van der Waals surface area contributed by atoms with E-state index in [0.717, 1.165) is 16.7 Å². The van der Waals surface area contributed by atoms with Gasteiger partial charge in [-0.1, -0.05) is 36.4 Å². The first-order valence-corrected chi connectivity index (χ1v) is 15.2. The van der Waals surface area contributed by atoms with Crippen molar-refractivity contribution in [2.45, 2.75) is 0 Å². The summed E-state index contributed by atoms with van der Waals surface area (Å²) in [6.07, 6.45) is 0. The van der Waals surface area contributed by atoms with Gasteiger partial charge >= 0.3 is 0 Å². The molecule has 17 nitrogen and oxygen atoms in total. The second-order valence-electron chi connectivity index (χ2n) is 11.3. The van der Waals surface area contributed by atoms with E-state index in [-0.39, 0.29) is 39.9 Å². The van der Waals surface area contributed by atoms with Crippen molar-refractivity contribution in [1.82, 2.24) is 0 Å². The number of nitrogens with two attached hydrogens (primary N) is 6. The standard InChI is InChI=1S/C12H10N4O4.C12H11N3O2.C12H12N2O2/c13-9-3-1-7(5-11(9)15(17)18)8-2-4-10(14)12(6-8)16(19)20;13-9-3-1-8(2-4-9)11-6-5-10(14)7-12(11)15(16)17;13-9-3-1-7(5-11(9)15)8-2-4-10(14)12(16)6-8/h1-6H,13-14H2;1-7H,13-14H2;1-6,15-16H,13-14H2. The summed E-state index contributed by atoms with van der Waals surface area (Å²) in [7, 11) is 0. The average molecular weight is 720 g/mol. The maximum atomic E-state index is 10.9. The Balaban J connectivity index is 0.000000179. The third-order valence-corrected chi connectivity index (χ3v) is 7.62. The monoisotopic (exact) mass is 719 g/mol. The Hall–Kier alpha value is -8.08. The highest BCUT2D eigenvalue weighted by Crippen LogP contribution is 2.34. The molecule has 270 valence electrons. The molecule has 0 aromatic heterocycles. The topological polar surface area (TPSA) is 326 Å². The van der Waals surface area contributed by atoms with Gasteiger partial charge in [0.1, 0.15) is 22.9 Å². The van der Waals surface area contributed by atoms with Crippen LogP contribution in [0.4, 0.5) is 51.2 Å². The lowest BCUT2D eigenvalue weighted by atomic mass is 10.0. The molecule has 0 radical (unpaired) electrons. The van der Waals surface area contributed by atoms with Gasteiger partial charge < -0.3 is 44.6 Å². The lowest BCUT2D eigenvalue weighted by molar-refractivity contribution is -0.384. The molecule has 0 unspecified atom stereocenters. The Morgan fingerprint density at radius 3 is 1.09 bits per heavy atom. The fraction of sp³-hybridized carbons (Fsp3) is 0. The van der Waals surface area contributed by atoms with Crippen molar-refractivity contribution in [3.63, 3.8) is 0 Å². The summed E-state index contributed by atoms with van der Waals surface area (Å²) in [6, 6.07) is 29.8. The number of nitrogen functional groups attached to an aromatic ring is 6. The van der Waals surface area contributed by atoms with Crippen molar-refractivity contribution in [3.8, 4) is 44.9 Å². The van der Waals surface area contributed by atoms with E-state index in [1.807, 2.05) is 0 Å². The van der Waals surface area contributed by atoms with E-state index in [1.54, 1.807) is 84.9 Å². The van der Waals surface area contributed by atoms with Crippen LogP contribution in [0.3, 0.4) is 0 Å². The molecule has 0 aliphatic rings. The zero-order chi connectivity index (χ0) is 39.0. The molecule has 0 heterocycles. The van der Waals surface area contributed by atoms with E-state index in [2.05, 4.69) is 0 Å². The van der Waals surface area contributed by atoms with Crippen molar-refractivity contribution in [2.24, 2.45) is 0 Å². The van der Waals surface area contributed by atoms with Crippen molar-refractivity contribution in [1.29, 1.82) is 0 Å². The number of anilines is 6. The summed E-state index contributed by atoms with van der Waals surface area (Å²) in [4.78, 5) is 30.9. The molecule has 0 aliphatic heterocycles. The quantitative estimate of drug-likeness (QED) is 0.0385. The van der Waals surface area contributed by atoms with Gasteiger partial charge in [0.05, 0.1) is 31.7 Å². The largest absolute Gasteiger partial charge is 0.506 e. The summed E-state index contributed by atoms with van der Waals surface area (Å²) >= 11 is 0. The van der Waals surface area contributed by atoms with Gasteiger partial charge in [-0.3, -0.25) is 30.3 Å². The van der Waals surface area contributed by atoms with Gasteiger partial charge in [-0.15, -0.1) is 0 Å². The van der Waals surface area contributed by atoms with Crippen LogP contribution in [0.25, 0.3) is 33.4 Å². The summed E-state index contributed by atoms with van der Waals surface area (Å²) in [5, 5.41) is 51.5. The first-order chi connectivity index (χ1) is 25.0. The minimum atomic E-state index is -0.607. The molecular weight excluding hydrogens is 686 g/mol. The number of rotatable bonds is 6. The molecular formula is C36H33N9O8. The Morgan fingerprint density at radius 2 is 0.717 bits per heavy atom. The third-order valence-electron chi connectivity index (χ3n) is 7.62. The van der Waals surface area contributed by atoms with Crippen LogP contribution in [0, 0.1) is 30.3 Å². The van der Waals surface area contributed by atoms with Crippen molar-refractivity contribution in [3.05, 3.63) is 146 Å². The van der Waals surface area contributed by atoms with Crippen molar-refractivity contribution >= 4 is 51.2 Å². The molecule has 0 aliphatic carbocycles. The number of aromatic hydroxyl groups is 2. The number of nitro benzene ring substituents is 3. The lowest BCUT2D eigenvalue weighted by Crippen LogP contribution is -1.97. The first kappa shape index (κ1) is 37.7. The SMILES string of the molecule is Nc1ccc(-c2ccc(N)c(O)c2)cc1O.Nc1ccc(-c2ccc(N)c([N+](=O)[O-])c2)cc1[N+](=O)[O-].Nc1ccc(-c2ccc(N)cc2[N+](=O)[O-])cc1. The second kappa shape index (κ2) is 16.1. The predicted molar refractivity (Wildman–Crippen MR) is 205 cm³/mol. The highest BCUT2D eigenvalue weighted by atomic mass is 16.6. The van der Waals surface area contributed by atoms with E-state index < -0.39 is 14.8 Å². The fourth-order valence-electron chi connectivity index (χ4n) is 4.82. The summed E-state index contributed by atoms with van der Waals surface area (Å²) < 4.78 is 0. The molecule has 0 saturated heterocycles. The van der Waals surface area contributed by atoms with Crippen LogP contribution in [0.15, 0.2) is 115 Å². The number of hydrogen-bond donors (Lipinski definition) is 8. The van der Waals surface area contributed by atoms with Gasteiger partial charge in [0.2, 0.25) is 0 Å². The minimum absolute atomic E-state index is 0.00484. The lowest BCUT2D eigenvalue weighted by Gasteiger charge is -2.06. The summed E-state index contributed by atoms with van der Waals surface area (Å²) in [5.74, 6) is 0.0441. The molecule has 0 amide bonds. The molecule has 14 N–H and O–H groups in total. The van der Waals surface area contributed by atoms with Gasteiger partial charge in [-0.2, -0.15) is 0 Å². The maximum absolute atomic E-state index is 10.9. The average Bonchev–Trinajstić information content (AvgIpc) is 3.12.